The van der Waals surface area contributed by atoms with Gasteiger partial charge in [-0.1, -0.05) is 42.5 Å². The summed E-state index contributed by atoms with van der Waals surface area (Å²) in [4.78, 5) is 29.1. The highest BCUT2D eigenvalue weighted by atomic mass is 16.4. The molecule has 1 aliphatic heterocycles. The molecule has 1 N–H and O–H groups in total. The number of hydrogen-bond donors (Lipinski definition) is 1. The van der Waals surface area contributed by atoms with Crippen molar-refractivity contribution in [3.8, 4) is 0 Å². The Morgan fingerprint density at radius 3 is 2.60 bits per heavy atom. The van der Waals surface area contributed by atoms with Gasteiger partial charge in [0.15, 0.2) is 0 Å². The number of aliphatic imine (C=N–C) groups is 1. The largest absolute Gasteiger partial charge is 0.478 e. The van der Waals surface area contributed by atoms with E-state index in [9.17, 15) is 14.7 Å². The number of ketones is 1. The van der Waals surface area contributed by atoms with Crippen LogP contribution in [0.5, 0.6) is 0 Å². The highest BCUT2D eigenvalue weighted by Gasteiger charge is 2.43. The van der Waals surface area contributed by atoms with Crippen molar-refractivity contribution in [2.75, 3.05) is 0 Å². The Morgan fingerprint density at radius 2 is 1.84 bits per heavy atom. The van der Waals surface area contributed by atoms with Crippen LogP contribution in [0.4, 0.5) is 0 Å². The molecule has 1 aliphatic carbocycles. The molecule has 1 saturated carbocycles. The highest BCUT2D eigenvalue weighted by Crippen LogP contribution is 2.43. The molecule has 0 saturated heterocycles. The van der Waals surface area contributed by atoms with Crippen LogP contribution < -0.4 is 0 Å². The summed E-state index contributed by atoms with van der Waals surface area (Å²) < 4.78 is 0. The first kappa shape index (κ1) is 15.8. The molecule has 4 nitrogen and oxygen atoms in total. The Kier molecular flexibility index (Phi) is 3.75. The average Bonchev–Trinajstić information content (AvgIpc) is 2.60. The van der Waals surface area contributed by atoms with Gasteiger partial charge < -0.3 is 5.11 Å². The highest BCUT2D eigenvalue weighted by molar-refractivity contribution is 6.11. The third kappa shape index (κ3) is 2.58. The molecule has 0 radical (unpaired) electrons. The summed E-state index contributed by atoms with van der Waals surface area (Å²) in [5.41, 5.74) is 2.49. The van der Waals surface area contributed by atoms with E-state index >= 15 is 0 Å². The summed E-state index contributed by atoms with van der Waals surface area (Å²) in [6.45, 7) is 1.74. The van der Waals surface area contributed by atoms with Crippen molar-refractivity contribution in [2.24, 2.45) is 10.9 Å². The van der Waals surface area contributed by atoms with Crippen molar-refractivity contribution in [3.05, 3.63) is 59.3 Å². The van der Waals surface area contributed by atoms with Crippen LogP contribution in [0.15, 0.2) is 58.7 Å². The summed E-state index contributed by atoms with van der Waals surface area (Å²) in [6, 6.07) is 13.9. The van der Waals surface area contributed by atoms with E-state index in [1.165, 1.54) is 0 Å². The standard InChI is InChI=1S/C21H19NO3/c1-12-18(21(24)25)19(20-16(22-12)7-4-8-17(20)23)15-10-9-13-5-2-3-6-14(13)11-15/h2-3,5-6,9-11,19-20H,4,7-8H2,1H3,(H,24,25). The van der Waals surface area contributed by atoms with Crippen molar-refractivity contribution in [1.29, 1.82) is 0 Å². The molecule has 0 aromatic heterocycles. The van der Waals surface area contributed by atoms with Crippen LogP contribution in [0.3, 0.4) is 0 Å². The second kappa shape index (κ2) is 5.96. The van der Waals surface area contributed by atoms with Crippen molar-refractivity contribution < 1.29 is 14.7 Å². The van der Waals surface area contributed by atoms with Gasteiger partial charge in [0.2, 0.25) is 0 Å². The number of carbonyl (C=O) groups excluding carboxylic acids is 1. The van der Waals surface area contributed by atoms with Crippen LogP contribution in [0.1, 0.15) is 37.7 Å². The normalized spacial score (nSPS) is 23.4. The molecule has 2 aliphatic rings. The second-order valence-electron chi connectivity index (χ2n) is 6.79. The molecule has 0 bridgehead atoms. The number of benzene rings is 2. The number of Topliss-reactive ketones (excluding diaryl/α,β-unsaturated/α-hetero) is 1. The molecule has 2 unspecified atom stereocenters. The van der Waals surface area contributed by atoms with Crippen LogP contribution in [-0.4, -0.2) is 22.6 Å². The Morgan fingerprint density at radius 1 is 1.08 bits per heavy atom. The maximum absolute atomic E-state index is 12.7. The molecule has 4 heteroatoms. The number of hydrogen-bond acceptors (Lipinski definition) is 3. The Hall–Kier alpha value is -2.75. The zero-order valence-electron chi connectivity index (χ0n) is 14.0. The van der Waals surface area contributed by atoms with Gasteiger partial charge in [-0.05, 0) is 36.1 Å². The molecule has 0 spiro atoms. The van der Waals surface area contributed by atoms with Gasteiger partial charge in [-0.25, -0.2) is 4.79 Å². The van der Waals surface area contributed by atoms with Crippen LogP contribution in [0.2, 0.25) is 0 Å². The lowest BCUT2D eigenvalue weighted by molar-refractivity contribution is -0.133. The number of nitrogens with zero attached hydrogens (tertiary/aromatic N) is 1. The van der Waals surface area contributed by atoms with E-state index in [0.717, 1.165) is 34.9 Å². The minimum atomic E-state index is -0.989. The van der Waals surface area contributed by atoms with Crippen molar-refractivity contribution in [3.63, 3.8) is 0 Å². The molecule has 0 amide bonds. The smallest absolute Gasteiger partial charge is 0.334 e. The van der Waals surface area contributed by atoms with Crippen LogP contribution in [0.25, 0.3) is 10.8 Å². The molecule has 2 aromatic carbocycles. The van der Waals surface area contributed by atoms with Gasteiger partial charge >= 0.3 is 5.97 Å². The molecule has 1 heterocycles. The maximum Gasteiger partial charge on any atom is 0.334 e. The number of carboxylic acid groups (broad SMARTS) is 1. The Bertz CT molecular complexity index is 955. The Labute approximate surface area is 145 Å². The lowest BCUT2D eigenvalue weighted by atomic mass is 9.69. The van der Waals surface area contributed by atoms with Crippen molar-refractivity contribution in [2.45, 2.75) is 32.1 Å². The predicted molar refractivity (Wildman–Crippen MR) is 96.8 cm³/mol. The summed E-state index contributed by atoms with van der Waals surface area (Å²) in [5, 5.41) is 11.9. The number of rotatable bonds is 2. The fourth-order valence-electron chi connectivity index (χ4n) is 4.16. The van der Waals surface area contributed by atoms with Crippen LogP contribution in [-0.2, 0) is 9.59 Å². The molecule has 1 fully saturated rings. The first-order chi connectivity index (χ1) is 12.1. The lowest BCUT2D eigenvalue weighted by Gasteiger charge is -2.35. The van der Waals surface area contributed by atoms with Gasteiger partial charge in [0.05, 0.1) is 11.5 Å². The van der Waals surface area contributed by atoms with Crippen molar-refractivity contribution in [1.82, 2.24) is 0 Å². The molecular weight excluding hydrogens is 314 g/mol. The zero-order chi connectivity index (χ0) is 17.6. The van der Waals surface area contributed by atoms with Gasteiger partial charge in [0.1, 0.15) is 5.78 Å². The summed E-state index contributed by atoms with van der Waals surface area (Å²) in [5.74, 6) is -1.78. The van der Waals surface area contributed by atoms with Crippen molar-refractivity contribution >= 4 is 28.2 Å². The quantitative estimate of drug-likeness (QED) is 0.899. The van der Waals surface area contributed by atoms with Gasteiger partial charge in [0, 0.05) is 23.7 Å². The predicted octanol–water partition coefficient (Wildman–Crippen LogP) is 4.11. The third-order valence-corrected chi connectivity index (χ3v) is 5.27. The van der Waals surface area contributed by atoms with E-state index in [1.54, 1.807) is 6.92 Å². The molecule has 126 valence electrons. The second-order valence-corrected chi connectivity index (χ2v) is 6.79. The fraction of sp³-hybridized carbons (Fsp3) is 0.286. The van der Waals surface area contributed by atoms with E-state index in [4.69, 9.17) is 0 Å². The van der Waals surface area contributed by atoms with Crippen LogP contribution in [0, 0.1) is 5.92 Å². The zero-order valence-corrected chi connectivity index (χ0v) is 14.0. The van der Waals surface area contributed by atoms with Gasteiger partial charge in [-0.15, -0.1) is 0 Å². The first-order valence-corrected chi connectivity index (χ1v) is 8.59. The summed E-state index contributed by atoms with van der Waals surface area (Å²) >= 11 is 0. The average molecular weight is 333 g/mol. The fourth-order valence-corrected chi connectivity index (χ4v) is 4.16. The number of carboxylic acids is 1. The Balaban J connectivity index is 1.92. The minimum Gasteiger partial charge on any atom is -0.478 e. The number of fused-ring (bicyclic) bond motifs is 2. The molecule has 2 aromatic rings. The third-order valence-electron chi connectivity index (χ3n) is 5.27. The first-order valence-electron chi connectivity index (χ1n) is 8.59. The topological polar surface area (TPSA) is 66.7 Å². The van der Waals surface area contributed by atoms with Gasteiger partial charge in [-0.3, -0.25) is 9.79 Å². The van der Waals surface area contributed by atoms with E-state index in [0.29, 0.717) is 12.1 Å². The van der Waals surface area contributed by atoms with Gasteiger partial charge in [-0.2, -0.15) is 0 Å². The van der Waals surface area contributed by atoms with Gasteiger partial charge in [0.25, 0.3) is 0 Å². The van der Waals surface area contributed by atoms with E-state index in [-0.39, 0.29) is 11.4 Å². The SMILES string of the molecule is CC1=C(C(=O)O)C(c2ccc3ccccc3c2)C2C(=O)CCCC2=N1. The number of aliphatic carboxylic acids is 1. The molecule has 4 rings (SSSR count). The van der Waals surface area contributed by atoms with E-state index < -0.39 is 17.8 Å². The summed E-state index contributed by atoms with van der Waals surface area (Å²) in [7, 11) is 0. The maximum atomic E-state index is 12.7. The molecular formula is C21H19NO3. The molecule has 25 heavy (non-hydrogen) atoms. The lowest BCUT2D eigenvalue weighted by Crippen LogP contribution is -2.38. The monoisotopic (exact) mass is 333 g/mol. The summed E-state index contributed by atoms with van der Waals surface area (Å²) in [6.07, 6.45) is 2.07. The number of allylic oxidation sites excluding steroid dienone is 1. The molecule has 2 atom stereocenters. The minimum absolute atomic E-state index is 0.106. The van der Waals surface area contributed by atoms with E-state index in [1.807, 2.05) is 42.5 Å². The van der Waals surface area contributed by atoms with E-state index in [2.05, 4.69) is 4.99 Å². The van der Waals surface area contributed by atoms with Crippen LogP contribution >= 0.6 is 0 Å². The number of carbonyl (C=O) groups is 2.